The normalized spacial score (nSPS) is 22.4. The molecule has 2 aliphatic rings. The van der Waals surface area contributed by atoms with Crippen molar-refractivity contribution in [1.29, 1.82) is 0 Å². The lowest BCUT2D eigenvalue weighted by molar-refractivity contribution is -0.141. The summed E-state index contributed by atoms with van der Waals surface area (Å²) < 4.78 is 17.2. The molecule has 2 heterocycles. The minimum absolute atomic E-state index is 0.127. The lowest BCUT2D eigenvalue weighted by Gasteiger charge is -2.30. The van der Waals surface area contributed by atoms with Crippen molar-refractivity contribution in [3.05, 3.63) is 35.9 Å². The van der Waals surface area contributed by atoms with E-state index in [0.717, 1.165) is 11.6 Å². The molecule has 0 bridgehead atoms. The van der Waals surface area contributed by atoms with Crippen molar-refractivity contribution in [2.75, 3.05) is 52.8 Å². The third-order valence-corrected chi connectivity index (χ3v) is 7.49. The first-order valence-electron chi connectivity index (χ1n) is 11.7. The van der Waals surface area contributed by atoms with Gasteiger partial charge in [0, 0.05) is 27.8 Å². The molecular weight excluding hydrogens is 440 g/mol. The zero-order chi connectivity index (χ0) is 23.7. The third-order valence-electron chi connectivity index (χ3n) is 5.79. The molecule has 2 atom stereocenters. The summed E-state index contributed by atoms with van der Waals surface area (Å²) in [7, 11) is -1.19. The van der Waals surface area contributed by atoms with E-state index in [1.54, 1.807) is 0 Å². The standard InChI is InChI=1S/C23H38N4O5Si/c1-33(2,3)14-13-31-18-32-21-16-27(22(28)17-26-9-11-30-12-10-26)25-23(29)24-20(21)15-19-7-5-4-6-8-19/h4-8,20-21H,9-18H2,1-3H3,(H2,24,25,29)/t20-,21-/m1/s1. The topological polar surface area (TPSA) is 92.4 Å². The van der Waals surface area contributed by atoms with Gasteiger partial charge < -0.3 is 19.5 Å². The second-order valence-corrected chi connectivity index (χ2v) is 15.4. The van der Waals surface area contributed by atoms with Gasteiger partial charge in [-0.05, 0) is 18.0 Å². The maximum absolute atomic E-state index is 13.0. The van der Waals surface area contributed by atoms with Gasteiger partial charge in [-0.15, -0.1) is 0 Å². The minimum Gasteiger partial charge on any atom is -0.379 e. The Hall–Kier alpha value is -1.98. The van der Waals surface area contributed by atoms with Gasteiger partial charge in [0.2, 0.25) is 0 Å². The fraction of sp³-hybridized carbons (Fsp3) is 0.652. The Labute approximate surface area is 197 Å². The summed E-state index contributed by atoms with van der Waals surface area (Å²) in [6.45, 7) is 10.8. The molecule has 184 valence electrons. The molecule has 0 saturated carbocycles. The second kappa shape index (κ2) is 12.5. The van der Waals surface area contributed by atoms with Crippen LogP contribution in [0, 0.1) is 0 Å². The molecular formula is C23H38N4O5Si. The van der Waals surface area contributed by atoms with Crippen molar-refractivity contribution in [2.24, 2.45) is 0 Å². The van der Waals surface area contributed by atoms with E-state index in [-0.39, 0.29) is 31.8 Å². The van der Waals surface area contributed by atoms with E-state index in [9.17, 15) is 9.59 Å². The molecule has 1 aromatic rings. The Morgan fingerprint density at radius 1 is 1.18 bits per heavy atom. The molecule has 1 aromatic carbocycles. The smallest absolute Gasteiger partial charge is 0.333 e. The van der Waals surface area contributed by atoms with Crippen molar-refractivity contribution < 1.29 is 23.8 Å². The van der Waals surface area contributed by atoms with Crippen LogP contribution in [0.1, 0.15) is 5.56 Å². The van der Waals surface area contributed by atoms with E-state index < -0.39 is 20.2 Å². The van der Waals surface area contributed by atoms with Crippen LogP contribution in [-0.2, 0) is 25.4 Å². The number of morpholine rings is 1. The van der Waals surface area contributed by atoms with E-state index in [2.05, 4.69) is 30.4 Å². The Kier molecular flexibility index (Phi) is 9.69. The first-order chi connectivity index (χ1) is 15.8. The van der Waals surface area contributed by atoms with Crippen LogP contribution in [-0.4, -0.2) is 94.9 Å². The molecule has 2 saturated heterocycles. The average molecular weight is 479 g/mol. The number of carbonyl (C=O) groups is 2. The highest BCUT2D eigenvalue weighted by Gasteiger charge is 2.33. The maximum Gasteiger partial charge on any atom is 0.333 e. The minimum atomic E-state index is -1.19. The van der Waals surface area contributed by atoms with Gasteiger partial charge in [-0.2, -0.15) is 0 Å². The summed E-state index contributed by atoms with van der Waals surface area (Å²) in [5.41, 5.74) is 3.78. The number of benzene rings is 1. The largest absolute Gasteiger partial charge is 0.379 e. The van der Waals surface area contributed by atoms with Crippen LogP contribution >= 0.6 is 0 Å². The quantitative estimate of drug-likeness (QED) is 0.302. The SMILES string of the molecule is C[Si](C)(C)CCOCO[C@@H]1CN(C(=O)CN2CCOCC2)NC(=O)N[C@@H]1Cc1ccccc1. The van der Waals surface area contributed by atoms with Crippen molar-refractivity contribution in [3.8, 4) is 0 Å². The molecule has 0 aromatic heterocycles. The summed E-state index contributed by atoms with van der Waals surface area (Å²) in [6.07, 6.45) is 0.184. The molecule has 2 aliphatic heterocycles. The van der Waals surface area contributed by atoms with Gasteiger partial charge in [0.25, 0.3) is 5.91 Å². The predicted molar refractivity (Wildman–Crippen MR) is 128 cm³/mol. The molecule has 3 rings (SSSR count). The molecule has 9 nitrogen and oxygen atoms in total. The van der Waals surface area contributed by atoms with E-state index in [1.165, 1.54) is 5.01 Å². The Bertz CT molecular complexity index is 755. The number of nitrogens with zero attached hydrogens (tertiary/aromatic N) is 2. The van der Waals surface area contributed by atoms with Crippen molar-refractivity contribution >= 4 is 20.0 Å². The maximum atomic E-state index is 13.0. The lowest BCUT2D eigenvalue weighted by Crippen LogP contribution is -2.52. The summed E-state index contributed by atoms with van der Waals surface area (Å²) >= 11 is 0. The van der Waals surface area contributed by atoms with Crippen LogP contribution in [0.5, 0.6) is 0 Å². The number of urea groups is 1. The van der Waals surface area contributed by atoms with Crippen LogP contribution in [0.25, 0.3) is 0 Å². The van der Waals surface area contributed by atoms with Gasteiger partial charge in [0.15, 0.2) is 0 Å². The molecule has 3 amide bonds. The number of amides is 3. The van der Waals surface area contributed by atoms with Gasteiger partial charge in [-0.3, -0.25) is 9.69 Å². The van der Waals surface area contributed by atoms with Crippen LogP contribution in [0.3, 0.4) is 0 Å². The number of hydrogen-bond donors (Lipinski definition) is 2. The molecule has 2 N–H and O–H groups in total. The summed E-state index contributed by atoms with van der Waals surface area (Å²) in [6, 6.07) is 10.3. The molecule has 2 fully saturated rings. The second-order valence-electron chi connectivity index (χ2n) is 9.82. The fourth-order valence-corrected chi connectivity index (χ4v) is 4.52. The number of carbonyl (C=O) groups excluding carboxylic acids is 2. The van der Waals surface area contributed by atoms with Gasteiger partial charge in [0.1, 0.15) is 12.9 Å². The average Bonchev–Trinajstić information content (AvgIpc) is 2.92. The molecule has 0 radical (unpaired) electrons. The van der Waals surface area contributed by atoms with Gasteiger partial charge in [-0.25, -0.2) is 15.2 Å². The monoisotopic (exact) mass is 478 g/mol. The molecule has 0 aliphatic carbocycles. The third kappa shape index (κ3) is 9.05. The summed E-state index contributed by atoms with van der Waals surface area (Å²) in [4.78, 5) is 27.6. The Morgan fingerprint density at radius 2 is 1.91 bits per heavy atom. The molecule has 10 heteroatoms. The highest BCUT2D eigenvalue weighted by Crippen LogP contribution is 2.14. The Balaban J connectivity index is 1.64. The number of rotatable bonds is 10. The van der Waals surface area contributed by atoms with E-state index in [1.807, 2.05) is 35.2 Å². The number of nitrogens with one attached hydrogen (secondary N) is 2. The number of hydrogen-bond acceptors (Lipinski definition) is 6. The highest BCUT2D eigenvalue weighted by atomic mass is 28.3. The summed E-state index contributed by atoms with van der Waals surface area (Å²) in [5, 5.41) is 4.36. The van der Waals surface area contributed by atoms with Gasteiger partial charge >= 0.3 is 6.03 Å². The van der Waals surface area contributed by atoms with Crippen LogP contribution < -0.4 is 10.7 Å². The highest BCUT2D eigenvalue weighted by molar-refractivity contribution is 6.76. The van der Waals surface area contributed by atoms with Crippen LogP contribution in [0.15, 0.2) is 30.3 Å². The van der Waals surface area contributed by atoms with E-state index in [0.29, 0.717) is 39.3 Å². The first-order valence-corrected chi connectivity index (χ1v) is 15.4. The first kappa shape index (κ1) is 25.6. The number of ether oxygens (including phenoxy) is 3. The fourth-order valence-electron chi connectivity index (χ4n) is 3.76. The van der Waals surface area contributed by atoms with Gasteiger partial charge in [0.05, 0.1) is 32.3 Å². The molecule has 0 spiro atoms. The van der Waals surface area contributed by atoms with Gasteiger partial charge in [-0.1, -0.05) is 50.0 Å². The molecule has 33 heavy (non-hydrogen) atoms. The summed E-state index contributed by atoms with van der Waals surface area (Å²) in [5.74, 6) is -0.166. The Morgan fingerprint density at radius 3 is 2.61 bits per heavy atom. The van der Waals surface area contributed by atoms with Crippen molar-refractivity contribution in [1.82, 2.24) is 20.7 Å². The molecule has 0 unspecified atom stereocenters. The van der Waals surface area contributed by atoms with Crippen molar-refractivity contribution in [2.45, 2.75) is 44.3 Å². The predicted octanol–water partition coefficient (Wildman–Crippen LogP) is 1.68. The van der Waals surface area contributed by atoms with Crippen molar-refractivity contribution in [3.63, 3.8) is 0 Å². The van der Waals surface area contributed by atoms with Crippen LogP contribution in [0.4, 0.5) is 4.79 Å². The zero-order valence-electron chi connectivity index (χ0n) is 20.0. The number of hydrazine groups is 1. The zero-order valence-corrected chi connectivity index (χ0v) is 21.0. The van der Waals surface area contributed by atoms with Crippen LogP contribution in [0.2, 0.25) is 25.7 Å². The van der Waals surface area contributed by atoms with E-state index >= 15 is 0 Å². The lowest BCUT2D eigenvalue weighted by atomic mass is 10.0. The van der Waals surface area contributed by atoms with E-state index in [4.69, 9.17) is 14.2 Å².